The molecule has 3 aromatic rings. The van der Waals surface area contributed by atoms with E-state index < -0.39 is 17.9 Å². The molecule has 1 atom stereocenters. The van der Waals surface area contributed by atoms with Crippen molar-refractivity contribution in [1.29, 1.82) is 0 Å². The normalized spacial score (nSPS) is 11.8. The first-order valence-electron chi connectivity index (χ1n) is 9.58. The van der Waals surface area contributed by atoms with Gasteiger partial charge in [0.2, 0.25) is 11.8 Å². The van der Waals surface area contributed by atoms with Crippen LogP contribution in [0.2, 0.25) is 0 Å². The summed E-state index contributed by atoms with van der Waals surface area (Å²) in [6.45, 7) is 0.624. The molecule has 0 radical (unpaired) electrons. The summed E-state index contributed by atoms with van der Waals surface area (Å²) in [5.74, 6) is -0.748. The van der Waals surface area contributed by atoms with Crippen LogP contribution in [-0.4, -0.2) is 34.4 Å². The molecule has 29 heavy (non-hydrogen) atoms. The van der Waals surface area contributed by atoms with Crippen molar-refractivity contribution in [3.05, 3.63) is 84.2 Å². The number of rotatable bonds is 9. The van der Waals surface area contributed by atoms with Crippen LogP contribution in [0.5, 0.6) is 0 Å². The molecule has 5 N–H and O–H groups in total. The van der Waals surface area contributed by atoms with E-state index in [0.29, 0.717) is 25.3 Å². The van der Waals surface area contributed by atoms with Crippen molar-refractivity contribution in [3.63, 3.8) is 0 Å². The minimum Gasteiger partial charge on any atom is -0.356 e. The van der Waals surface area contributed by atoms with Gasteiger partial charge >= 0.3 is 0 Å². The number of imide groups is 1. The number of aromatic nitrogens is 2. The van der Waals surface area contributed by atoms with Gasteiger partial charge in [-0.25, -0.2) is 4.98 Å². The maximum Gasteiger partial charge on any atom is 0.243 e. The number of nitrogens with one attached hydrogen (secondary N) is 3. The molecule has 1 aromatic heterocycles. The first kappa shape index (κ1) is 20.3. The minimum absolute atomic E-state index is 0.378. The predicted octanol–water partition coefficient (Wildman–Crippen LogP) is 2.40. The van der Waals surface area contributed by atoms with Gasteiger partial charge in [0.15, 0.2) is 5.95 Å². The third kappa shape index (κ3) is 5.76. The van der Waals surface area contributed by atoms with Crippen LogP contribution >= 0.6 is 0 Å². The Morgan fingerprint density at radius 3 is 2.14 bits per heavy atom. The molecule has 0 aliphatic heterocycles. The van der Waals surface area contributed by atoms with E-state index in [1.165, 1.54) is 0 Å². The Morgan fingerprint density at radius 1 is 0.966 bits per heavy atom. The molecule has 1 heterocycles. The highest BCUT2D eigenvalue weighted by molar-refractivity contribution is 6.01. The van der Waals surface area contributed by atoms with Crippen LogP contribution in [0.4, 0.5) is 5.95 Å². The number of benzene rings is 2. The molecular formula is C22H25N5O2. The van der Waals surface area contributed by atoms with Crippen LogP contribution in [0.15, 0.2) is 73.1 Å². The Labute approximate surface area is 169 Å². The van der Waals surface area contributed by atoms with E-state index in [1.807, 2.05) is 60.7 Å². The molecule has 3 rings (SSSR count). The number of carbonyl (C=O) groups excluding carboxylic acids is 2. The van der Waals surface area contributed by atoms with E-state index in [9.17, 15) is 9.59 Å². The second-order valence-electron chi connectivity index (χ2n) is 6.72. The summed E-state index contributed by atoms with van der Waals surface area (Å²) in [7, 11) is 0. The van der Waals surface area contributed by atoms with Gasteiger partial charge in [-0.3, -0.25) is 14.9 Å². The summed E-state index contributed by atoms with van der Waals surface area (Å²) in [5, 5.41) is 5.59. The van der Waals surface area contributed by atoms with Crippen LogP contribution in [0.25, 0.3) is 0 Å². The fourth-order valence-electron chi connectivity index (χ4n) is 3.09. The van der Waals surface area contributed by atoms with E-state index >= 15 is 0 Å². The third-order valence-corrected chi connectivity index (χ3v) is 4.59. The van der Waals surface area contributed by atoms with Gasteiger partial charge in [0.05, 0.1) is 12.0 Å². The van der Waals surface area contributed by atoms with Crippen molar-refractivity contribution < 1.29 is 9.59 Å². The van der Waals surface area contributed by atoms with Crippen LogP contribution in [0, 0.1) is 0 Å². The van der Waals surface area contributed by atoms with Gasteiger partial charge in [0, 0.05) is 18.9 Å². The largest absolute Gasteiger partial charge is 0.356 e. The van der Waals surface area contributed by atoms with Gasteiger partial charge in [0.1, 0.15) is 0 Å². The fourth-order valence-corrected chi connectivity index (χ4v) is 3.09. The molecule has 0 bridgehead atoms. The zero-order valence-corrected chi connectivity index (χ0v) is 16.0. The summed E-state index contributed by atoms with van der Waals surface area (Å²) in [4.78, 5) is 32.4. The molecular weight excluding hydrogens is 366 g/mol. The van der Waals surface area contributed by atoms with Gasteiger partial charge in [0.25, 0.3) is 0 Å². The summed E-state index contributed by atoms with van der Waals surface area (Å²) in [6.07, 6.45) is 4.50. The molecule has 2 aromatic carbocycles. The quantitative estimate of drug-likeness (QED) is 0.418. The Balaban J connectivity index is 1.57. The predicted molar refractivity (Wildman–Crippen MR) is 112 cm³/mol. The number of H-pyrrole nitrogens is 1. The van der Waals surface area contributed by atoms with Crippen molar-refractivity contribution in [2.24, 2.45) is 5.73 Å². The van der Waals surface area contributed by atoms with Gasteiger partial charge < -0.3 is 16.0 Å². The van der Waals surface area contributed by atoms with Crippen LogP contribution in [0.1, 0.15) is 29.9 Å². The lowest BCUT2D eigenvalue weighted by Gasteiger charge is -2.19. The maximum absolute atomic E-state index is 12.9. The maximum atomic E-state index is 12.9. The third-order valence-electron chi connectivity index (χ3n) is 4.59. The molecule has 2 amide bonds. The number of hydrogen-bond donors (Lipinski definition) is 4. The molecule has 150 valence electrons. The summed E-state index contributed by atoms with van der Waals surface area (Å²) in [6, 6.07) is 18.0. The van der Waals surface area contributed by atoms with Crippen molar-refractivity contribution in [2.75, 3.05) is 11.9 Å². The average Bonchev–Trinajstić information content (AvgIpc) is 3.26. The molecule has 7 heteroatoms. The lowest BCUT2D eigenvalue weighted by atomic mass is 9.90. The molecule has 0 saturated heterocycles. The van der Waals surface area contributed by atoms with Crippen LogP contribution in [-0.2, 0) is 9.59 Å². The Kier molecular flexibility index (Phi) is 7.13. The van der Waals surface area contributed by atoms with Crippen LogP contribution in [0.3, 0.4) is 0 Å². The monoisotopic (exact) mass is 391 g/mol. The average molecular weight is 391 g/mol. The zero-order valence-electron chi connectivity index (χ0n) is 16.0. The topological polar surface area (TPSA) is 113 Å². The fraction of sp³-hybridized carbons (Fsp3) is 0.227. The number of amides is 2. The van der Waals surface area contributed by atoms with Crippen LogP contribution < -0.4 is 16.4 Å². The first-order valence-corrected chi connectivity index (χ1v) is 9.58. The van der Waals surface area contributed by atoms with Crippen molar-refractivity contribution in [2.45, 2.75) is 24.8 Å². The zero-order chi connectivity index (χ0) is 20.5. The van der Waals surface area contributed by atoms with E-state index in [4.69, 9.17) is 5.73 Å². The summed E-state index contributed by atoms with van der Waals surface area (Å²) in [5.41, 5.74) is 7.63. The number of imidazole rings is 1. The van der Waals surface area contributed by atoms with Crippen molar-refractivity contribution in [1.82, 2.24) is 15.3 Å². The number of hydrogen-bond acceptors (Lipinski definition) is 5. The molecule has 0 unspecified atom stereocenters. The highest BCUT2D eigenvalue weighted by Crippen LogP contribution is 2.24. The lowest BCUT2D eigenvalue weighted by molar-refractivity contribution is -0.131. The van der Waals surface area contributed by atoms with E-state index in [-0.39, 0.29) is 5.91 Å². The van der Waals surface area contributed by atoms with E-state index in [1.54, 1.807) is 12.4 Å². The summed E-state index contributed by atoms with van der Waals surface area (Å²) < 4.78 is 0. The lowest BCUT2D eigenvalue weighted by Crippen LogP contribution is -2.45. The van der Waals surface area contributed by atoms with Crippen molar-refractivity contribution in [3.8, 4) is 0 Å². The smallest absolute Gasteiger partial charge is 0.243 e. The molecule has 0 spiro atoms. The van der Waals surface area contributed by atoms with Gasteiger partial charge in [-0.05, 0) is 24.0 Å². The molecule has 0 fully saturated rings. The van der Waals surface area contributed by atoms with E-state index in [2.05, 4.69) is 20.6 Å². The Hall–Kier alpha value is -3.45. The standard InChI is InChI=1S/C22H25N5O2/c23-18(12-7-13-24-22-25-14-15-26-22)20(28)27-21(29)19(16-8-3-1-4-9-16)17-10-5-2-6-11-17/h1-6,8-11,14-15,18-19H,7,12-13,23H2,(H2,24,25,26)(H,27,28,29)/t18-/m0/s1. The van der Waals surface area contributed by atoms with Gasteiger partial charge in [-0.2, -0.15) is 0 Å². The van der Waals surface area contributed by atoms with Gasteiger partial charge in [-0.1, -0.05) is 60.7 Å². The second kappa shape index (κ2) is 10.2. The Morgan fingerprint density at radius 2 is 1.59 bits per heavy atom. The number of nitrogens with two attached hydrogens (primary N) is 1. The van der Waals surface area contributed by atoms with Gasteiger partial charge in [-0.15, -0.1) is 0 Å². The highest BCUT2D eigenvalue weighted by Gasteiger charge is 2.25. The highest BCUT2D eigenvalue weighted by atomic mass is 16.2. The number of nitrogens with zero attached hydrogens (tertiary/aromatic N) is 1. The molecule has 0 aliphatic rings. The Bertz CT molecular complexity index is 858. The summed E-state index contributed by atoms with van der Waals surface area (Å²) >= 11 is 0. The SMILES string of the molecule is N[C@@H](CCCNc1ncc[nH]1)C(=O)NC(=O)C(c1ccccc1)c1ccccc1. The molecule has 7 nitrogen and oxygen atoms in total. The number of carbonyl (C=O) groups is 2. The second-order valence-corrected chi connectivity index (χ2v) is 6.72. The number of anilines is 1. The number of aromatic amines is 1. The van der Waals surface area contributed by atoms with E-state index in [0.717, 1.165) is 11.1 Å². The molecule has 0 aliphatic carbocycles. The first-order chi connectivity index (χ1) is 14.1. The van der Waals surface area contributed by atoms with Crippen molar-refractivity contribution >= 4 is 17.8 Å². The molecule has 0 saturated carbocycles. The minimum atomic E-state index is -0.760.